The van der Waals surface area contributed by atoms with Gasteiger partial charge in [0.1, 0.15) is 5.75 Å². The van der Waals surface area contributed by atoms with Gasteiger partial charge >= 0.3 is 12.6 Å². The average Bonchev–Trinajstić information content (AvgIpc) is 2.60. The van der Waals surface area contributed by atoms with E-state index in [-0.39, 0.29) is 27.7 Å². The number of hydrogen-bond donors (Lipinski definition) is 2. The molecular weight excluding hydrogens is 434 g/mol. The number of benzene rings is 2. The number of nitrogens with one attached hydrogen (secondary N) is 2. The Bertz CT molecular complexity index is 1020. The maximum absolute atomic E-state index is 12.2. The van der Waals surface area contributed by atoms with Crippen molar-refractivity contribution in [3.8, 4) is 5.75 Å². The van der Waals surface area contributed by atoms with E-state index in [0.29, 0.717) is 0 Å². The predicted molar refractivity (Wildman–Crippen MR) is 102 cm³/mol. The van der Waals surface area contributed by atoms with Crippen molar-refractivity contribution in [3.05, 3.63) is 53.1 Å². The second-order valence-electron chi connectivity index (χ2n) is 5.60. The van der Waals surface area contributed by atoms with Gasteiger partial charge in [0, 0.05) is 11.4 Å². The highest BCUT2D eigenvalue weighted by Crippen LogP contribution is 2.28. The Balaban J connectivity index is 1.93. The molecule has 0 atom stereocenters. The van der Waals surface area contributed by atoms with Gasteiger partial charge in [0.25, 0.3) is 5.91 Å². The molecule has 0 saturated heterocycles. The van der Waals surface area contributed by atoms with Crippen LogP contribution in [0, 0.1) is 0 Å². The van der Waals surface area contributed by atoms with Crippen LogP contribution in [-0.4, -0.2) is 39.8 Å². The number of anilines is 2. The Morgan fingerprint density at radius 2 is 1.86 bits per heavy atom. The van der Waals surface area contributed by atoms with Gasteiger partial charge in [-0.2, -0.15) is 8.78 Å². The van der Waals surface area contributed by atoms with Crippen LogP contribution in [0.25, 0.3) is 0 Å². The lowest BCUT2D eigenvalue weighted by atomic mass is 10.2. The molecule has 2 aromatic carbocycles. The molecule has 8 nitrogen and oxygen atoms in total. The van der Waals surface area contributed by atoms with Crippen molar-refractivity contribution >= 4 is 44.9 Å². The number of halogens is 3. The van der Waals surface area contributed by atoms with Gasteiger partial charge in [0.05, 0.1) is 16.8 Å². The summed E-state index contributed by atoms with van der Waals surface area (Å²) in [6.07, 6.45) is 0.959. The number of alkyl halides is 2. The molecule has 29 heavy (non-hydrogen) atoms. The molecule has 156 valence electrons. The maximum atomic E-state index is 12.2. The second-order valence-corrected chi connectivity index (χ2v) is 7.76. The third-order valence-electron chi connectivity index (χ3n) is 3.17. The van der Waals surface area contributed by atoms with E-state index in [1.165, 1.54) is 36.4 Å². The maximum Gasteiger partial charge on any atom is 0.387 e. The molecule has 12 heteroatoms. The second kappa shape index (κ2) is 9.52. The van der Waals surface area contributed by atoms with Crippen LogP contribution in [0.2, 0.25) is 5.02 Å². The standard InChI is InChI=1S/C17H15ClF2N2O6S/c1-29(25,26)22-12-4-2-3-10(7-12)16(24)27-9-15(23)21-11-5-6-14(13(18)8-11)28-17(19)20/h2-8,17,22H,9H2,1H3,(H,21,23). The van der Waals surface area contributed by atoms with Crippen molar-refractivity contribution in [3.63, 3.8) is 0 Å². The molecule has 0 aliphatic rings. The first-order valence-corrected chi connectivity index (χ1v) is 10.1. The van der Waals surface area contributed by atoms with Gasteiger partial charge in [-0.3, -0.25) is 9.52 Å². The molecular formula is C17H15ClF2N2O6S. The molecule has 0 heterocycles. The van der Waals surface area contributed by atoms with Crippen LogP contribution >= 0.6 is 11.6 Å². The first kappa shape index (κ1) is 22.4. The van der Waals surface area contributed by atoms with Crippen LogP contribution in [0.4, 0.5) is 20.2 Å². The number of carbonyl (C=O) groups is 2. The lowest BCUT2D eigenvalue weighted by Crippen LogP contribution is -2.21. The molecule has 2 aromatic rings. The van der Waals surface area contributed by atoms with E-state index in [0.717, 1.165) is 12.3 Å². The minimum Gasteiger partial charge on any atom is -0.452 e. The molecule has 0 radical (unpaired) electrons. The Kier molecular flexibility index (Phi) is 7.35. The number of hydrogen-bond acceptors (Lipinski definition) is 6. The third kappa shape index (κ3) is 7.54. The summed E-state index contributed by atoms with van der Waals surface area (Å²) in [6.45, 7) is -3.69. The normalized spacial score (nSPS) is 11.1. The van der Waals surface area contributed by atoms with E-state index >= 15 is 0 Å². The van der Waals surface area contributed by atoms with Crippen molar-refractivity contribution < 1.29 is 36.3 Å². The number of sulfonamides is 1. The SMILES string of the molecule is CS(=O)(=O)Nc1cccc(C(=O)OCC(=O)Nc2ccc(OC(F)F)c(Cl)c2)c1. The number of amides is 1. The van der Waals surface area contributed by atoms with Crippen LogP contribution < -0.4 is 14.8 Å². The molecule has 1 amide bonds. The van der Waals surface area contributed by atoms with E-state index in [1.54, 1.807) is 0 Å². The van der Waals surface area contributed by atoms with Crippen LogP contribution in [-0.2, 0) is 19.6 Å². The van der Waals surface area contributed by atoms with Crippen molar-refractivity contribution in [1.29, 1.82) is 0 Å². The zero-order valence-corrected chi connectivity index (χ0v) is 16.4. The smallest absolute Gasteiger partial charge is 0.387 e. The van der Waals surface area contributed by atoms with Gasteiger partial charge < -0.3 is 14.8 Å². The fourth-order valence-corrected chi connectivity index (χ4v) is 2.89. The lowest BCUT2D eigenvalue weighted by Gasteiger charge is -2.10. The lowest BCUT2D eigenvalue weighted by molar-refractivity contribution is -0.119. The summed E-state index contributed by atoms with van der Waals surface area (Å²) >= 11 is 5.78. The predicted octanol–water partition coefficient (Wildman–Crippen LogP) is 3.11. The van der Waals surface area contributed by atoms with E-state index < -0.39 is 35.1 Å². The van der Waals surface area contributed by atoms with Crippen molar-refractivity contribution in [2.45, 2.75) is 6.61 Å². The Morgan fingerprint density at radius 1 is 1.14 bits per heavy atom. The molecule has 0 aliphatic heterocycles. The van der Waals surface area contributed by atoms with E-state index in [2.05, 4.69) is 14.8 Å². The first-order chi connectivity index (χ1) is 13.5. The van der Waals surface area contributed by atoms with Crippen LogP contribution in [0.1, 0.15) is 10.4 Å². The molecule has 0 unspecified atom stereocenters. The zero-order chi connectivity index (χ0) is 21.6. The van der Waals surface area contributed by atoms with E-state index in [9.17, 15) is 26.8 Å². The zero-order valence-electron chi connectivity index (χ0n) is 14.8. The summed E-state index contributed by atoms with van der Waals surface area (Å²) in [7, 11) is -3.52. The highest BCUT2D eigenvalue weighted by Gasteiger charge is 2.13. The van der Waals surface area contributed by atoms with Crippen molar-refractivity contribution in [1.82, 2.24) is 0 Å². The summed E-state index contributed by atoms with van der Waals surface area (Å²) in [5.41, 5.74) is 0.368. The van der Waals surface area contributed by atoms with Crippen molar-refractivity contribution in [2.75, 3.05) is 22.9 Å². The number of ether oxygens (including phenoxy) is 2. The molecule has 0 fully saturated rings. The molecule has 2 rings (SSSR count). The van der Waals surface area contributed by atoms with Crippen LogP contribution in [0.3, 0.4) is 0 Å². The Hall–Kier alpha value is -2.92. The van der Waals surface area contributed by atoms with Gasteiger partial charge in [-0.15, -0.1) is 0 Å². The van der Waals surface area contributed by atoms with E-state index in [1.807, 2.05) is 0 Å². The summed E-state index contributed by atoms with van der Waals surface area (Å²) in [6, 6.07) is 9.14. The number of rotatable bonds is 8. The van der Waals surface area contributed by atoms with Gasteiger partial charge in [0.15, 0.2) is 6.61 Å². The summed E-state index contributed by atoms with van der Waals surface area (Å²) < 4.78 is 58.1. The summed E-state index contributed by atoms with van der Waals surface area (Å²) in [5.74, 6) is -1.81. The summed E-state index contributed by atoms with van der Waals surface area (Å²) in [5, 5.41) is 2.23. The average molecular weight is 449 g/mol. The number of carbonyl (C=O) groups excluding carboxylic acids is 2. The molecule has 0 saturated carbocycles. The Morgan fingerprint density at radius 3 is 2.48 bits per heavy atom. The molecule has 0 aromatic heterocycles. The number of esters is 1. The van der Waals surface area contributed by atoms with Crippen LogP contribution in [0.15, 0.2) is 42.5 Å². The first-order valence-electron chi connectivity index (χ1n) is 7.82. The molecule has 2 N–H and O–H groups in total. The minimum absolute atomic E-state index is 0.0306. The van der Waals surface area contributed by atoms with Gasteiger partial charge in [-0.25, -0.2) is 13.2 Å². The van der Waals surface area contributed by atoms with Gasteiger partial charge in [-0.1, -0.05) is 17.7 Å². The topological polar surface area (TPSA) is 111 Å². The van der Waals surface area contributed by atoms with Crippen molar-refractivity contribution in [2.24, 2.45) is 0 Å². The quantitative estimate of drug-likeness (QED) is 0.600. The molecule has 0 bridgehead atoms. The van der Waals surface area contributed by atoms with Gasteiger partial charge in [-0.05, 0) is 36.4 Å². The Labute approximate surface area is 169 Å². The minimum atomic E-state index is -3.52. The highest BCUT2D eigenvalue weighted by molar-refractivity contribution is 7.92. The highest BCUT2D eigenvalue weighted by atomic mass is 35.5. The van der Waals surface area contributed by atoms with E-state index in [4.69, 9.17) is 16.3 Å². The molecule has 0 aliphatic carbocycles. The van der Waals surface area contributed by atoms with Crippen LogP contribution in [0.5, 0.6) is 5.75 Å². The largest absolute Gasteiger partial charge is 0.452 e. The fourth-order valence-electron chi connectivity index (χ4n) is 2.11. The fraction of sp³-hybridized carbons (Fsp3) is 0.176. The third-order valence-corrected chi connectivity index (χ3v) is 4.07. The molecule has 0 spiro atoms. The van der Waals surface area contributed by atoms with Gasteiger partial charge in [0.2, 0.25) is 10.0 Å². The monoisotopic (exact) mass is 448 g/mol. The summed E-state index contributed by atoms with van der Waals surface area (Å²) in [4.78, 5) is 23.9.